The summed E-state index contributed by atoms with van der Waals surface area (Å²) in [4.78, 5) is 51.3. The van der Waals surface area contributed by atoms with Crippen LogP contribution in [-0.2, 0) is 42.9 Å². The molecule has 1 aromatic carbocycles. The van der Waals surface area contributed by atoms with Gasteiger partial charge >= 0.3 is 23.9 Å². The van der Waals surface area contributed by atoms with Gasteiger partial charge in [0.15, 0.2) is 12.2 Å². The molecule has 2 N–H and O–H groups in total. The molecule has 13 nitrogen and oxygen atoms in total. The number of aliphatic hydroxyl groups excluding tert-OH is 1. The molecule has 5 atom stereocenters. The zero-order valence-corrected chi connectivity index (χ0v) is 22.1. The van der Waals surface area contributed by atoms with Crippen molar-refractivity contribution in [1.29, 1.82) is 0 Å². The monoisotopic (exact) mass is 559 g/mol. The number of rotatable bonds is 9. The summed E-state index contributed by atoms with van der Waals surface area (Å²) in [6, 6.07) is 9.04. The molecule has 2 heterocycles. The van der Waals surface area contributed by atoms with Crippen LogP contribution in [0.3, 0.4) is 0 Å². The molecule has 0 saturated carbocycles. The summed E-state index contributed by atoms with van der Waals surface area (Å²) >= 11 is 0. The van der Waals surface area contributed by atoms with Gasteiger partial charge in [-0.1, -0.05) is 6.07 Å². The topological polar surface area (TPSA) is 177 Å². The van der Waals surface area contributed by atoms with Crippen LogP contribution < -0.4 is 4.74 Å². The minimum absolute atomic E-state index is 0.00721. The molecule has 1 fully saturated rings. The van der Waals surface area contributed by atoms with Gasteiger partial charge in [0.1, 0.15) is 30.0 Å². The van der Waals surface area contributed by atoms with E-state index in [1.54, 1.807) is 24.4 Å². The third kappa shape index (κ3) is 8.17. The summed E-state index contributed by atoms with van der Waals surface area (Å²) in [5, 5.41) is 21.1. The first-order valence-corrected chi connectivity index (χ1v) is 12.1. The third-order valence-corrected chi connectivity index (χ3v) is 5.42. The SMILES string of the molecule is CC(=O)OC[C@H]1O[C@@H](Oc2ccc(/C(O)=C/c3ccccn3)c(O)c2)[C@H](OC(C)=O)[C@@H](OC(C)=O)[C@@H]1OC(C)=O. The van der Waals surface area contributed by atoms with E-state index in [0.717, 1.165) is 27.7 Å². The molecule has 0 bridgehead atoms. The Morgan fingerprint density at radius 2 is 1.55 bits per heavy atom. The van der Waals surface area contributed by atoms with Gasteiger partial charge in [0.05, 0.1) is 11.3 Å². The molecule has 1 saturated heterocycles. The maximum absolute atomic E-state index is 12.0. The van der Waals surface area contributed by atoms with Gasteiger partial charge in [0.25, 0.3) is 0 Å². The Labute approximate surface area is 229 Å². The summed E-state index contributed by atoms with van der Waals surface area (Å²) in [6.07, 6.45) is -3.98. The van der Waals surface area contributed by atoms with Crippen LogP contribution in [0.2, 0.25) is 0 Å². The number of ether oxygens (including phenoxy) is 6. The zero-order valence-electron chi connectivity index (χ0n) is 22.1. The predicted octanol–water partition coefficient (Wildman–Crippen LogP) is 2.31. The molecule has 40 heavy (non-hydrogen) atoms. The Balaban J connectivity index is 1.95. The maximum Gasteiger partial charge on any atom is 0.303 e. The van der Waals surface area contributed by atoms with Crippen molar-refractivity contribution in [2.75, 3.05) is 6.61 Å². The maximum atomic E-state index is 12.0. The van der Waals surface area contributed by atoms with Gasteiger partial charge in [-0.25, -0.2) is 0 Å². The van der Waals surface area contributed by atoms with Crippen molar-refractivity contribution in [3.8, 4) is 11.5 Å². The second kappa shape index (κ2) is 13.4. The number of esters is 4. The molecule has 0 spiro atoms. The predicted molar refractivity (Wildman–Crippen MR) is 135 cm³/mol. The van der Waals surface area contributed by atoms with Gasteiger partial charge in [-0.3, -0.25) is 24.2 Å². The Bertz CT molecular complexity index is 1260. The molecule has 0 amide bonds. The molecule has 0 aliphatic carbocycles. The molecule has 3 rings (SSSR count). The molecule has 0 radical (unpaired) electrons. The van der Waals surface area contributed by atoms with E-state index in [0.29, 0.717) is 5.69 Å². The lowest BCUT2D eigenvalue weighted by Crippen LogP contribution is -2.63. The number of carbonyl (C=O) groups excluding carboxylic acids is 4. The first kappa shape index (κ1) is 29.9. The highest BCUT2D eigenvalue weighted by atomic mass is 16.7. The molecule has 1 aliphatic heterocycles. The van der Waals surface area contributed by atoms with Crippen LogP contribution in [-0.4, -0.2) is 76.4 Å². The highest BCUT2D eigenvalue weighted by Crippen LogP contribution is 2.34. The van der Waals surface area contributed by atoms with Crippen LogP contribution >= 0.6 is 0 Å². The standard InChI is InChI=1S/C27H29NO12/c1-14(29)35-13-23-24(36-15(2)30)25(37-16(3)31)26(38-17(4)32)27(40-23)39-19-8-9-20(22(34)12-19)21(33)11-18-7-5-6-10-28-18/h5-12,23-27,33-34H,13H2,1-4H3/b21-11-/t23-,24-,25+,26-,27-/m1/s1. The van der Waals surface area contributed by atoms with Gasteiger partial charge in [0.2, 0.25) is 12.4 Å². The van der Waals surface area contributed by atoms with Gasteiger partial charge in [-0.15, -0.1) is 0 Å². The number of aromatic hydroxyl groups is 1. The number of carbonyl (C=O) groups is 4. The van der Waals surface area contributed by atoms with E-state index in [9.17, 15) is 29.4 Å². The van der Waals surface area contributed by atoms with Crippen LogP contribution in [0.1, 0.15) is 39.0 Å². The van der Waals surface area contributed by atoms with Crippen molar-refractivity contribution >= 4 is 35.7 Å². The fraction of sp³-hybridized carbons (Fsp3) is 0.370. The summed E-state index contributed by atoms with van der Waals surface area (Å²) in [5.41, 5.74) is 0.525. The van der Waals surface area contributed by atoms with E-state index in [1.807, 2.05) is 0 Å². The number of phenols is 1. The van der Waals surface area contributed by atoms with Gasteiger partial charge in [-0.05, 0) is 24.3 Å². The van der Waals surface area contributed by atoms with E-state index in [2.05, 4.69) is 4.98 Å². The van der Waals surface area contributed by atoms with E-state index >= 15 is 0 Å². The number of hydrogen-bond acceptors (Lipinski definition) is 13. The van der Waals surface area contributed by atoms with E-state index in [4.69, 9.17) is 28.4 Å². The quantitative estimate of drug-likeness (QED) is 0.260. The van der Waals surface area contributed by atoms with Crippen molar-refractivity contribution in [2.24, 2.45) is 0 Å². The number of pyridine rings is 1. The smallest absolute Gasteiger partial charge is 0.303 e. The lowest BCUT2D eigenvalue weighted by molar-refractivity contribution is -0.288. The van der Waals surface area contributed by atoms with Crippen LogP contribution in [0.4, 0.5) is 0 Å². The second-order valence-electron chi connectivity index (χ2n) is 8.65. The fourth-order valence-electron chi connectivity index (χ4n) is 3.90. The average Bonchev–Trinajstić information content (AvgIpc) is 2.86. The zero-order chi connectivity index (χ0) is 29.4. The van der Waals surface area contributed by atoms with Crippen molar-refractivity contribution < 1.29 is 57.8 Å². The number of aromatic nitrogens is 1. The van der Waals surface area contributed by atoms with Crippen molar-refractivity contribution in [3.63, 3.8) is 0 Å². The Hall–Kier alpha value is -4.65. The first-order chi connectivity index (χ1) is 18.9. The number of aliphatic hydroxyl groups is 1. The Kier molecular flexibility index (Phi) is 10.0. The molecule has 214 valence electrons. The molecule has 1 aliphatic rings. The van der Waals surface area contributed by atoms with Crippen molar-refractivity contribution in [1.82, 2.24) is 4.98 Å². The molecule has 2 aromatic rings. The summed E-state index contributed by atoms with van der Waals surface area (Å²) < 4.78 is 32.8. The highest BCUT2D eigenvalue weighted by molar-refractivity contribution is 5.78. The summed E-state index contributed by atoms with van der Waals surface area (Å²) in [7, 11) is 0. The summed E-state index contributed by atoms with van der Waals surface area (Å²) in [5.74, 6) is -3.63. The lowest BCUT2D eigenvalue weighted by atomic mass is 9.98. The Morgan fingerprint density at radius 1 is 0.900 bits per heavy atom. The number of nitrogens with zero attached hydrogens (tertiary/aromatic N) is 1. The van der Waals surface area contributed by atoms with E-state index < -0.39 is 61.2 Å². The molecular formula is C27H29NO12. The Morgan fingerprint density at radius 3 is 2.12 bits per heavy atom. The number of phenolic OH excluding ortho intramolecular Hbond substituents is 1. The third-order valence-electron chi connectivity index (χ3n) is 5.42. The van der Waals surface area contributed by atoms with E-state index in [1.165, 1.54) is 24.3 Å². The van der Waals surface area contributed by atoms with Crippen molar-refractivity contribution in [3.05, 3.63) is 53.9 Å². The highest BCUT2D eigenvalue weighted by Gasteiger charge is 2.53. The molecule has 0 unspecified atom stereocenters. The first-order valence-electron chi connectivity index (χ1n) is 12.1. The van der Waals surface area contributed by atoms with Crippen LogP contribution in [0.25, 0.3) is 11.8 Å². The average molecular weight is 560 g/mol. The molecule has 13 heteroatoms. The second-order valence-corrected chi connectivity index (χ2v) is 8.65. The number of hydrogen-bond donors (Lipinski definition) is 2. The van der Waals surface area contributed by atoms with Crippen molar-refractivity contribution in [2.45, 2.75) is 58.4 Å². The minimum Gasteiger partial charge on any atom is -0.507 e. The van der Waals surface area contributed by atoms with Gasteiger partial charge in [0, 0.05) is 46.0 Å². The van der Waals surface area contributed by atoms with Crippen LogP contribution in [0.15, 0.2) is 42.6 Å². The lowest BCUT2D eigenvalue weighted by Gasteiger charge is -2.43. The molecular weight excluding hydrogens is 530 g/mol. The normalized spacial score (nSPS) is 22.5. The van der Waals surface area contributed by atoms with Crippen LogP contribution in [0.5, 0.6) is 11.5 Å². The van der Waals surface area contributed by atoms with E-state index in [-0.39, 0.29) is 22.8 Å². The largest absolute Gasteiger partial charge is 0.507 e. The number of benzene rings is 1. The summed E-state index contributed by atoms with van der Waals surface area (Å²) in [6.45, 7) is 4.05. The minimum atomic E-state index is -1.48. The fourth-order valence-corrected chi connectivity index (χ4v) is 3.90. The molecule has 1 aromatic heterocycles. The van der Waals surface area contributed by atoms with Gasteiger partial charge < -0.3 is 38.6 Å². The van der Waals surface area contributed by atoms with Crippen LogP contribution in [0, 0.1) is 0 Å². The van der Waals surface area contributed by atoms with Gasteiger partial charge in [-0.2, -0.15) is 0 Å².